The fourth-order valence-corrected chi connectivity index (χ4v) is 3.79. The topological polar surface area (TPSA) is 74.6 Å². The van der Waals surface area contributed by atoms with Crippen molar-refractivity contribution in [1.29, 1.82) is 0 Å². The number of rotatable bonds is 4. The van der Waals surface area contributed by atoms with Crippen molar-refractivity contribution in [3.05, 3.63) is 40.3 Å². The number of carbonyl (C=O) groups excluding carboxylic acids is 1. The van der Waals surface area contributed by atoms with Gasteiger partial charge in [0.25, 0.3) is 12.3 Å². The minimum absolute atomic E-state index is 0.128. The first-order chi connectivity index (χ1) is 13.1. The number of nitrogens with zero attached hydrogens (tertiary/aromatic N) is 4. The van der Waals surface area contributed by atoms with Crippen LogP contribution in [0.4, 0.5) is 20.4 Å². The molecule has 0 atom stereocenters. The van der Waals surface area contributed by atoms with E-state index in [4.69, 9.17) is 0 Å². The number of aromatic nitrogens is 3. The quantitative estimate of drug-likeness (QED) is 0.714. The summed E-state index contributed by atoms with van der Waals surface area (Å²) in [5.74, 6) is 0.0535. The second-order valence-electron chi connectivity index (χ2n) is 6.20. The summed E-state index contributed by atoms with van der Waals surface area (Å²) in [4.78, 5) is 19.1. The number of alkyl halides is 2. The summed E-state index contributed by atoms with van der Waals surface area (Å²) in [6.07, 6.45) is 0.00267. The van der Waals surface area contributed by atoms with Crippen molar-refractivity contribution >= 4 is 34.4 Å². The van der Waals surface area contributed by atoms with Gasteiger partial charge in [-0.05, 0) is 25.1 Å². The van der Waals surface area contributed by atoms with E-state index in [0.29, 0.717) is 11.5 Å². The van der Waals surface area contributed by atoms with E-state index in [2.05, 4.69) is 25.6 Å². The molecule has 0 bridgehead atoms. The molecule has 0 aliphatic carbocycles. The Balaban J connectivity index is 1.62. The molecule has 0 unspecified atom stereocenters. The van der Waals surface area contributed by atoms with E-state index in [9.17, 15) is 13.6 Å². The molecule has 0 radical (unpaired) electrons. The Morgan fingerprint density at radius 1 is 1.26 bits per heavy atom. The molecule has 1 aliphatic heterocycles. The van der Waals surface area contributed by atoms with Crippen LogP contribution in [-0.2, 0) is 0 Å². The fraction of sp³-hybridized carbons (Fsp3) is 0.353. The van der Waals surface area contributed by atoms with Crippen LogP contribution in [-0.4, -0.2) is 46.7 Å². The smallest absolute Gasteiger partial charge is 0.274 e. The van der Waals surface area contributed by atoms with Crippen LogP contribution in [0.25, 0.3) is 5.52 Å². The van der Waals surface area contributed by atoms with Crippen LogP contribution in [0, 0.1) is 0 Å². The molecular weight excluding hydrogens is 374 g/mol. The molecule has 1 saturated heterocycles. The van der Waals surface area contributed by atoms with Gasteiger partial charge >= 0.3 is 0 Å². The zero-order valence-electron chi connectivity index (χ0n) is 14.4. The van der Waals surface area contributed by atoms with E-state index < -0.39 is 12.3 Å². The Labute approximate surface area is 158 Å². The molecule has 2 N–H and O–H groups in total. The number of hydrogen-bond donors (Lipinski definition) is 2. The Hall–Kier alpha value is -2.59. The molecule has 0 spiro atoms. The summed E-state index contributed by atoms with van der Waals surface area (Å²) >= 11 is 1.12. The molecule has 0 aromatic carbocycles. The molecule has 10 heteroatoms. The standard InChI is InChI=1S/C17H18F2N6OS/c18-15(19)12-9-27-10-13(12)22-16(26)14-3-2-11-8-21-17(23-25(11)14)24-6-1-4-20-5-7-24/h2-3,8-10,15,20H,1,4-7H2,(H,22,26). The Bertz CT molecular complexity index is 948. The van der Waals surface area contributed by atoms with Gasteiger partial charge in [-0.2, -0.15) is 0 Å². The average molecular weight is 392 g/mol. The number of thiophene rings is 1. The maximum Gasteiger partial charge on any atom is 0.274 e. The van der Waals surface area contributed by atoms with Crippen LogP contribution in [0.2, 0.25) is 0 Å². The fourth-order valence-electron chi connectivity index (χ4n) is 3.02. The number of halogens is 2. The highest BCUT2D eigenvalue weighted by Gasteiger charge is 2.20. The Kier molecular flexibility index (Phi) is 4.99. The predicted octanol–water partition coefficient (Wildman–Crippen LogP) is 2.78. The van der Waals surface area contributed by atoms with Crippen molar-refractivity contribution in [2.24, 2.45) is 0 Å². The van der Waals surface area contributed by atoms with Crippen LogP contribution in [0.1, 0.15) is 28.9 Å². The maximum absolute atomic E-state index is 13.0. The van der Waals surface area contributed by atoms with Gasteiger partial charge in [-0.15, -0.1) is 16.4 Å². The first-order valence-electron chi connectivity index (χ1n) is 8.59. The van der Waals surface area contributed by atoms with Crippen molar-refractivity contribution in [3.63, 3.8) is 0 Å². The zero-order chi connectivity index (χ0) is 18.8. The zero-order valence-corrected chi connectivity index (χ0v) is 15.2. The van der Waals surface area contributed by atoms with Gasteiger partial charge in [0.2, 0.25) is 5.95 Å². The van der Waals surface area contributed by atoms with Crippen LogP contribution in [0.3, 0.4) is 0 Å². The third kappa shape index (κ3) is 3.62. The first-order valence-corrected chi connectivity index (χ1v) is 9.54. The summed E-state index contributed by atoms with van der Waals surface area (Å²) in [6.45, 7) is 3.40. The second kappa shape index (κ2) is 7.57. The van der Waals surface area contributed by atoms with E-state index in [-0.39, 0.29) is 16.9 Å². The highest BCUT2D eigenvalue weighted by molar-refractivity contribution is 7.08. The monoisotopic (exact) mass is 392 g/mol. The van der Waals surface area contributed by atoms with E-state index >= 15 is 0 Å². The number of anilines is 2. The van der Waals surface area contributed by atoms with Crippen molar-refractivity contribution in [2.45, 2.75) is 12.8 Å². The molecule has 4 heterocycles. The van der Waals surface area contributed by atoms with Gasteiger partial charge in [-0.1, -0.05) is 0 Å². The highest BCUT2D eigenvalue weighted by atomic mass is 32.1. The molecule has 3 aromatic heterocycles. The van der Waals surface area contributed by atoms with Crippen LogP contribution < -0.4 is 15.5 Å². The Morgan fingerprint density at radius 3 is 3.00 bits per heavy atom. The highest BCUT2D eigenvalue weighted by Crippen LogP contribution is 2.30. The number of nitrogens with one attached hydrogen (secondary N) is 2. The molecule has 7 nitrogen and oxygen atoms in total. The molecule has 4 rings (SSSR count). The normalized spacial score (nSPS) is 15.3. The number of amides is 1. The average Bonchev–Trinajstić information content (AvgIpc) is 3.20. The molecule has 142 valence electrons. The molecular formula is C17H18F2N6OS. The predicted molar refractivity (Wildman–Crippen MR) is 99.9 cm³/mol. The van der Waals surface area contributed by atoms with Crippen LogP contribution in [0.5, 0.6) is 0 Å². The lowest BCUT2D eigenvalue weighted by atomic mass is 10.3. The molecule has 27 heavy (non-hydrogen) atoms. The van der Waals surface area contributed by atoms with Crippen molar-refractivity contribution in [1.82, 2.24) is 19.9 Å². The van der Waals surface area contributed by atoms with Gasteiger partial charge in [-0.25, -0.2) is 18.3 Å². The van der Waals surface area contributed by atoms with Gasteiger partial charge in [0.1, 0.15) is 5.69 Å². The lowest BCUT2D eigenvalue weighted by Crippen LogP contribution is -2.30. The van der Waals surface area contributed by atoms with Gasteiger partial charge < -0.3 is 15.5 Å². The summed E-state index contributed by atoms with van der Waals surface area (Å²) in [6, 6.07) is 3.34. The van der Waals surface area contributed by atoms with Gasteiger partial charge in [0.15, 0.2) is 0 Å². The molecule has 1 fully saturated rings. The molecule has 0 saturated carbocycles. The third-order valence-corrected chi connectivity index (χ3v) is 5.18. The summed E-state index contributed by atoms with van der Waals surface area (Å²) < 4.78 is 27.5. The van der Waals surface area contributed by atoms with E-state index in [1.165, 1.54) is 15.3 Å². The SMILES string of the molecule is O=C(Nc1cscc1C(F)F)c1ccc2cnc(N3CCCNCC3)nn12. The van der Waals surface area contributed by atoms with Gasteiger partial charge in [-0.3, -0.25) is 4.79 Å². The number of hydrogen-bond acceptors (Lipinski definition) is 6. The molecule has 1 amide bonds. The largest absolute Gasteiger partial charge is 0.338 e. The summed E-state index contributed by atoms with van der Waals surface area (Å²) in [7, 11) is 0. The van der Waals surface area contributed by atoms with E-state index in [1.54, 1.807) is 18.3 Å². The third-order valence-electron chi connectivity index (χ3n) is 4.42. The summed E-state index contributed by atoms with van der Waals surface area (Å²) in [5.41, 5.74) is 0.883. The minimum atomic E-state index is -2.64. The first kappa shape index (κ1) is 17.8. The number of fused-ring (bicyclic) bond motifs is 1. The maximum atomic E-state index is 13.0. The van der Waals surface area contributed by atoms with Gasteiger partial charge in [0.05, 0.1) is 23.0 Å². The van der Waals surface area contributed by atoms with Crippen molar-refractivity contribution in [2.75, 3.05) is 36.4 Å². The second-order valence-corrected chi connectivity index (χ2v) is 6.94. The Morgan fingerprint density at radius 2 is 2.15 bits per heavy atom. The lowest BCUT2D eigenvalue weighted by molar-refractivity contribution is 0.102. The molecule has 1 aliphatic rings. The molecule has 3 aromatic rings. The number of carbonyl (C=O) groups is 1. The lowest BCUT2D eigenvalue weighted by Gasteiger charge is -2.19. The summed E-state index contributed by atoms with van der Waals surface area (Å²) in [5, 5.41) is 13.2. The van der Waals surface area contributed by atoms with Crippen molar-refractivity contribution in [3.8, 4) is 0 Å². The van der Waals surface area contributed by atoms with E-state index in [1.807, 2.05) is 0 Å². The van der Waals surface area contributed by atoms with Crippen molar-refractivity contribution < 1.29 is 13.6 Å². The van der Waals surface area contributed by atoms with Crippen LogP contribution in [0.15, 0.2) is 29.1 Å². The van der Waals surface area contributed by atoms with Gasteiger partial charge in [0, 0.05) is 30.4 Å². The van der Waals surface area contributed by atoms with Crippen LogP contribution >= 0.6 is 11.3 Å². The minimum Gasteiger partial charge on any atom is -0.338 e. The van der Waals surface area contributed by atoms with E-state index in [0.717, 1.165) is 43.9 Å².